The molecule has 128 valence electrons. The highest BCUT2D eigenvalue weighted by molar-refractivity contribution is 5.90. The summed E-state index contributed by atoms with van der Waals surface area (Å²) in [5.41, 5.74) is 2.05. The van der Waals surface area contributed by atoms with Gasteiger partial charge in [-0.25, -0.2) is 0 Å². The summed E-state index contributed by atoms with van der Waals surface area (Å²) >= 11 is 0. The highest BCUT2D eigenvalue weighted by Gasteiger charge is 2.38. The molecule has 0 spiro atoms. The highest BCUT2D eigenvalue weighted by atomic mass is 16.1. The summed E-state index contributed by atoms with van der Waals surface area (Å²) in [5, 5.41) is 0. The molecule has 1 unspecified atom stereocenters. The van der Waals surface area contributed by atoms with E-state index in [9.17, 15) is 4.79 Å². The standard InChI is InChI=1S/C23H30O/c1-3-5-17-22(24)23(18-6-4-2,21-15-11-8-12-16-21)19-20-13-9-7-10-14-20/h7-16H,3-6,17-19H2,1-2H3. The van der Waals surface area contributed by atoms with Crippen LogP contribution in [0, 0.1) is 0 Å². The third kappa shape index (κ3) is 4.56. The Morgan fingerprint density at radius 2 is 1.42 bits per heavy atom. The summed E-state index contributed by atoms with van der Waals surface area (Å²) in [7, 11) is 0. The van der Waals surface area contributed by atoms with E-state index in [1.165, 1.54) is 11.1 Å². The van der Waals surface area contributed by atoms with Crippen LogP contribution in [0.25, 0.3) is 0 Å². The average Bonchev–Trinajstić information content (AvgIpc) is 2.64. The lowest BCUT2D eigenvalue weighted by Crippen LogP contribution is -2.38. The number of hydrogen-bond acceptors (Lipinski definition) is 1. The minimum absolute atomic E-state index is 0.381. The summed E-state index contributed by atoms with van der Waals surface area (Å²) in [6.07, 6.45) is 6.67. The van der Waals surface area contributed by atoms with Gasteiger partial charge in [-0.15, -0.1) is 0 Å². The molecule has 0 aliphatic heterocycles. The lowest BCUT2D eigenvalue weighted by molar-refractivity contribution is -0.125. The zero-order valence-corrected chi connectivity index (χ0v) is 15.1. The monoisotopic (exact) mass is 322 g/mol. The van der Waals surface area contributed by atoms with E-state index in [0.717, 1.165) is 38.5 Å². The predicted octanol–water partition coefficient (Wildman–Crippen LogP) is 6.12. The molecule has 0 fully saturated rings. The molecule has 0 N–H and O–H groups in total. The van der Waals surface area contributed by atoms with Crippen molar-refractivity contribution in [1.82, 2.24) is 0 Å². The van der Waals surface area contributed by atoms with E-state index in [0.29, 0.717) is 12.2 Å². The van der Waals surface area contributed by atoms with Crippen LogP contribution in [0.4, 0.5) is 0 Å². The highest BCUT2D eigenvalue weighted by Crippen LogP contribution is 2.36. The van der Waals surface area contributed by atoms with Crippen LogP contribution >= 0.6 is 0 Å². The molecule has 0 aliphatic rings. The van der Waals surface area contributed by atoms with Crippen LogP contribution in [-0.2, 0) is 16.6 Å². The van der Waals surface area contributed by atoms with Crippen molar-refractivity contribution in [1.29, 1.82) is 0 Å². The van der Waals surface area contributed by atoms with Crippen molar-refractivity contribution in [3.63, 3.8) is 0 Å². The van der Waals surface area contributed by atoms with E-state index in [2.05, 4.69) is 62.4 Å². The van der Waals surface area contributed by atoms with Gasteiger partial charge >= 0.3 is 0 Å². The van der Waals surface area contributed by atoms with Gasteiger partial charge in [0.2, 0.25) is 0 Å². The molecule has 1 atom stereocenters. The van der Waals surface area contributed by atoms with E-state index in [1.54, 1.807) is 0 Å². The Kier molecular flexibility index (Phi) is 7.24. The first-order valence-electron chi connectivity index (χ1n) is 9.35. The molecule has 0 bridgehead atoms. The number of hydrogen-bond donors (Lipinski definition) is 0. The van der Waals surface area contributed by atoms with Gasteiger partial charge in [0.05, 0.1) is 5.41 Å². The molecule has 0 radical (unpaired) electrons. The van der Waals surface area contributed by atoms with Gasteiger partial charge in [-0.1, -0.05) is 93.8 Å². The van der Waals surface area contributed by atoms with Crippen LogP contribution in [0.5, 0.6) is 0 Å². The van der Waals surface area contributed by atoms with Gasteiger partial charge in [0.1, 0.15) is 5.78 Å². The maximum absolute atomic E-state index is 13.3. The second kappa shape index (κ2) is 9.42. The van der Waals surface area contributed by atoms with Gasteiger partial charge in [0.25, 0.3) is 0 Å². The molecule has 2 aromatic carbocycles. The Hall–Kier alpha value is -1.89. The summed E-state index contributed by atoms with van der Waals surface area (Å²) in [5.74, 6) is 0.410. The van der Waals surface area contributed by atoms with Crippen molar-refractivity contribution < 1.29 is 4.79 Å². The largest absolute Gasteiger partial charge is 0.299 e. The van der Waals surface area contributed by atoms with Gasteiger partial charge in [-0.3, -0.25) is 4.79 Å². The first-order valence-corrected chi connectivity index (χ1v) is 9.35. The maximum Gasteiger partial charge on any atom is 0.143 e. The van der Waals surface area contributed by atoms with Gasteiger partial charge in [-0.05, 0) is 30.4 Å². The second-order valence-electron chi connectivity index (χ2n) is 6.74. The lowest BCUT2D eigenvalue weighted by atomic mass is 9.68. The van der Waals surface area contributed by atoms with E-state index in [-0.39, 0.29) is 5.41 Å². The van der Waals surface area contributed by atoms with Gasteiger partial charge < -0.3 is 0 Å². The van der Waals surface area contributed by atoms with Crippen molar-refractivity contribution in [2.75, 3.05) is 0 Å². The van der Waals surface area contributed by atoms with Crippen molar-refractivity contribution in [2.24, 2.45) is 0 Å². The minimum Gasteiger partial charge on any atom is -0.299 e. The summed E-state index contributed by atoms with van der Waals surface area (Å²) < 4.78 is 0. The molecule has 0 amide bonds. The number of ketones is 1. The Balaban J connectivity index is 2.44. The van der Waals surface area contributed by atoms with Crippen molar-refractivity contribution in [3.05, 3.63) is 71.8 Å². The molecule has 2 rings (SSSR count). The SMILES string of the molecule is CCCCC(=O)C(CCCC)(Cc1ccccc1)c1ccccc1. The van der Waals surface area contributed by atoms with Gasteiger partial charge in [0.15, 0.2) is 0 Å². The van der Waals surface area contributed by atoms with Crippen molar-refractivity contribution >= 4 is 5.78 Å². The molecule has 0 aromatic heterocycles. The van der Waals surface area contributed by atoms with Crippen LogP contribution < -0.4 is 0 Å². The lowest BCUT2D eigenvalue weighted by Gasteiger charge is -2.34. The summed E-state index contributed by atoms with van der Waals surface area (Å²) in [4.78, 5) is 13.3. The van der Waals surface area contributed by atoms with E-state index in [1.807, 2.05) is 12.1 Å². The molecule has 0 aliphatic carbocycles. The maximum atomic E-state index is 13.3. The van der Waals surface area contributed by atoms with Crippen LogP contribution in [-0.4, -0.2) is 5.78 Å². The normalized spacial score (nSPS) is 13.4. The third-order valence-electron chi connectivity index (χ3n) is 4.92. The number of carbonyl (C=O) groups is 1. The zero-order valence-electron chi connectivity index (χ0n) is 15.1. The van der Waals surface area contributed by atoms with Crippen LogP contribution in [0.15, 0.2) is 60.7 Å². The minimum atomic E-state index is -0.381. The zero-order chi connectivity index (χ0) is 17.3. The fraction of sp³-hybridized carbons (Fsp3) is 0.435. The van der Waals surface area contributed by atoms with Crippen LogP contribution in [0.2, 0.25) is 0 Å². The molecule has 1 heteroatoms. The number of Topliss-reactive ketones (excluding diaryl/α,β-unsaturated/α-hetero) is 1. The van der Waals surface area contributed by atoms with Gasteiger partial charge in [0, 0.05) is 6.42 Å². The van der Waals surface area contributed by atoms with Crippen molar-refractivity contribution in [2.45, 2.75) is 64.2 Å². The summed E-state index contributed by atoms with van der Waals surface area (Å²) in [6, 6.07) is 20.9. The quantitative estimate of drug-likeness (QED) is 0.515. The first-order chi connectivity index (χ1) is 11.7. The Bertz CT molecular complexity index is 602. The smallest absolute Gasteiger partial charge is 0.143 e. The number of benzene rings is 2. The molecular weight excluding hydrogens is 292 g/mol. The first kappa shape index (κ1) is 18.4. The average molecular weight is 322 g/mol. The van der Waals surface area contributed by atoms with E-state index >= 15 is 0 Å². The predicted molar refractivity (Wildman–Crippen MR) is 102 cm³/mol. The molecule has 0 saturated heterocycles. The Morgan fingerprint density at radius 3 is 2.00 bits per heavy atom. The van der Waals surface area contributed by atoms with Crippen LogP contribution in [0.3, 0.4) is 0 Å². The fourth-order valence-electron chi connectivity index (χ4n) is 3.49. The Morgan fingerprint density at radius 1 is 0.833 bits per heavy atom. The number of carbonyl (C=O) groups excluding carboxylic acids is 1. The summed E-state index contributed by atoms with van der Waals surface area (Å²) in [6.45, 7) is 4.36. The number of rotatable bonds is 10. The molecule has 2 aromatic rings. The Labute approximate surface area is 147 Å². The van der Waals surface area contributed by atoms with Gasteiger partial charge in [-0.2, -0.15) is 0 Å². The molecule has 0 heterocycles. The topological polar surface area (TPSA) is 17.1 Å². The molecule has 0 saturated carbocycles. The molecular formula is C23H30O. The second-order valence-corrected chi connectivity index (χ2v) is 6.74. The van der Waals surface area contributed by atoms with Crippen molar-refractivity contribution in [3.8, 4) is 0 Å². The molecule has 24 heavy (non-hydrogen) atoms. The third-order valence-corrected chi connectivity index (χ3v) is 4.92. The van der Waals surface area contributed by atoms with Crippen LogP contribution in [0.1, 0.15) is 63.5 Å². The van der Waals surface area contributed by atoms with E-state index < -0.39 is 0 Å². The van der Waals surface area contributed by atoms with E-state index in [4.69, 9.17) is 0 Å². The fourth-order valence-corrected chi connectivity index (χ4v) is 3.49. The number of unbranched alkanes of at least 4 members (excludes halogenated alkanes) is 2. The molecule has 1 nitrogen and oxygen atoms in total.